The van der Waals surface area contributed by atoms with Gasteiger partial charge in [0.05, 0.1) is 12.8 Å². The second-order valence-electron chi connectivity index (χ2n) is 11.6. The number of aryl methyl sites for hydroxylation is 1. The van der Waals surface area contributed by atoms with E-state index in [9.17, 15) is 4.79 Å². The van der Waals surface area contributed by atoms with E-state index in [0.717, 1.165) is 17.5 Å². The third-order valence-electron chi connectivity index (χ3n) is 7.76. The molecule has 2 aromatic carbocycles. The van der Waals surface area contributed by atoms with Gasteiger partial charge < -0.3 is 21.1 Å². The summed E-state index contributed by atoms with van der Waals surface area (Å²) in [5.41, 5.74) is 18.6. The van der Waals surface area contributed by atoms with Crippen molar-refractivity contribution in [1.29, 1.82) is 0 Å². The van der Waals surface area contributed by atoms with Gasteiger partial charge in [0, 0.05) is 19.5 Å². The minimum atomic E-state index is -0.469. The van der Waals surface area contributed by atoms with Gasteiger partial charge in [0.2, 0.25) is 0 Å². The van der Waals surface area contributed by atoms with E-state index in [0.29, 0.717) is 26.1 Å². The number of rotatable bonds is 7. The maximum absolute atomic E-state index is 13.6. The molecule has 1 amide bonds. The summed E-state index contributed by atoms with van der Waals surface area (Å²) in [7, 11) is 0. The van der Waals surface area contributed by atoms with E-state index >= 15 is 0 Å². The van der Waals surface area contributed by atoms with Crippen molar-refractivity contribution in [2.24, 2.45) is 16.5 Å². The molecule has 36 heavy (non-hydrogen) atoms. The molecule has 0 radical (unpaired) electrons. The van der Waals surface area contributed by atoms with Gasteiger partial charge in [-0.25, -0.2) is 4.99 Å². The standard InChI is InChI=1S/C30H40N4O2/c1-20-14-24-25(30(4,5)12-11-29(24,2)3)16-23(20)19-34(27(35)26-10-7-13-36-26)18-22-9-6-8-21(15-22)17-33-28(31)32/h6-9,13-16,26H,10-12,17-19H2,1-5H3,(H4,31,32,33). The average Bonchev–Trinajstić information content (AvgIpc) is 3.36. The van der Waals surface area contributed by atoms with Gasteiger partial charge in [-0.1, -0.05) is 64.1 Å². The van der Waals surface area contributed by atoms with E-state index in [2.05, 4.69) is 57.8 Å². The third-order valence-corrected chi connectivity index (χ3v) is 7.76. The average molecular weight is 489 g/mol. The van der Waals surface area contributed by atoms with Crippen molar-refractivity contribution in [3.05, 3.63) is 82.1 Å². The van der Waals surface area contributed by atoms with Crippen LogP contribution in [0.25, 0.3) is 0 Å². The molecule has 0 bridgehead atoms. The molecule has 1 aliphatic carbocycles. The summed E-state index contributed by atoms with van der Waals surface area (Å²) in [4.78, 5) is 19.6. The highest BCUT2D eigenvalue weighted by Gasteiger charge is 2.37. The summed E-state index contributed by atoms with van der Waals surface area (Å²) < 4.78 is 5.62. The van der Waals surface area contributed by atoms with Crippen molar-refractivity contribution in [1.82, 2.24) is 4.90 Å². The van der Waals surface area contributed by atoms with Crippen molar-refractivity contribution < 1.29 is 9.53 Å². The topological polar surface area (TPSA) is 93.9 Å². The van der Waals surface area contributed by atoms with Gasteiger partial charge in [-0.15, -0.1) is 0 Å². The predicted octanol–water partition coefficient (Wildman–Crippen LogP) is 4.95. The molecule has 6 heteroatoms. The normalized spacial score (nSPS) is 19.3. The van der Waals surface area contributed by atoms with Crippen LogP contribution < -0.4 is 11.5 Å². The smallest absolute Gasteiger partial charge is 0.264 e. The van der Waals surface area contributed by atoms with Crippen LogP contribution >= 0.6 is 0 Å². The number of carbonyl (C=O) groups excluding carboxylic acids is 1. The van der Waals surface area contributed by atoms with E-state index in [1.54, 1.807) is 6.26 Å². The Morgan fingerprint density at radius 2 is 1.69 bits per heavy atom. The molecule has 4 rings (SSSR count). The largest absolute Gasteiger partial charge is 0.488 e. The maximum atomic E-state index is 13.6. The second-order valence-corrected chi connectivity index (χ2v) is 11.6. The van der Waals surface area contributed by atoms with Gasteiger partial charge in [-0.2, -0.15) is 0 Å². The molecule has 192 valence electrons. The molecule has 1 aliphatic heterocycles. The van der Waals surface area contributed by atoms with Crippen LogP contribution in [0, 0.1) is 6.92 Å². The number of benzene rings is 2. The van der Waals surface area contributed by atoms with Gasteiger partial charge in [0.1, 0.15) is 0 Å². The summed E-state index contributed by atoms with van der Waals surface area (Å²) in [5.74, 6) is 0.0726. The Morgan fingerprint density at radius 1 is 1.03 bits per heavy atom. The number of carbonyl (C=O) groups is 1. The molecule has 0 saturated heterocycles. The fraction of sp³-hybridized carbons (Fsp3) is 0.467. The highest BCUT2D eigenvalue weighted by Crippen LogP contribution is 2.46. The summed E-state index contributed by atoms with van der Waals surface area (Å²) in [6.45, 7) is 13.0. The van der Waals surface area contributed by atoms with Gasteiger partial charge >= 0.3 is 0 Å². The highest BCUT2D eigenvalue weighted by atomic mass is 16.5. The zero-order valence-electron chi connectivity index (χ0n) is 22.3. The van der Waals surface area contributed by atoms with E-state index < -0.39 is 6.10 Å². The molecular formula is C30H40N4O2. The Balaban J connectivity index is 1.66. The van der Waals surface area contributed by atoms with Crippen molar-refractivity contribution in [2.45, 2.75) is 90.4 Å². The molecule has 1 atom stereocenters. The number of aliphatic imine (C=N–C) groups is 1. The zero-order chi connectivity index (χ0) is 26.1. The van der Waals surface area contributed by atoms with Crippen molar-refractivity contribution in [3.8, 4) is 0 Å². The van der Waals surface area contributed by atoms with Crippen LogP contribution in [0.4, 0.5) is 0 Å². The molecule has 1 unspecified atom stereocenters. The van der Waals surface area contributed by atoms with Crippen molar-refractivity contribution in [2.75, 3.05) is 0 Å². The first-order valence-electron chi connectivity index (χ1n) is 12.8. The predicted molar refractivity (Wildman–Crippen MR) is 145 cm³/mol. The summed E-state index contributed by atoms with van der Waals surface area (Å²) in [6.07, 6.45) is 6.00. The van der Waals surface area contributed by atoms with Crippen molar-refractivity contribution in [3.63, 3.8) is 0 Å². The number of hydrogen-bond donors (Lipinski definition) is 2. The molecule has 2 aliphatic rings. The zero-order valence-corrected chi connectivity index (χ0v) is 22.3. The molecule has 0 fully saturated rings. The number of nitrogens with zero attached hydrogens (tertiary/aromatic N) is 2. The first kappa shape index (κ1) is 25.8. The van der Waals surface area contributed by atoms with Crippen LogP contribution in [-0.2, 0) is 40.0 Å². The fourth-order valence-corrected chi connectivity index (χ4v) is 5.33. The Bertz CT molecular complexity index is 1180. The number of ether oxygens (including phenoxy) is 1. The molecule has 0 saturated carbocycles. The molecule has 0 aromatic heterocycles. The fourth-order valence-electron chi connectivity index (χ4n) is 5.33. The molecule has 1 heterocycles. The van der Waals surface area contributed by atoms with Crippen LogP contribution in [0.15, 0.2) is 53.7 Å². The highest BCUT2D eigenvalue weighted by molar-refractivity contribution is 5.81. The first-order valence-corrected chi connectivity index (χ1v) is 12.8. The quantitative estimate of drug-likeness (QED) is 0.426. The molecular weight excluding hydrogens is 448 g/mol. The Hall–Kier alpha value is -3.28. The molecule has 4 N–H and O–H groups in total. The van der Waals surface area contributed by atoms with E-state index in [-0.39, 0.29) is 22.7 Å². The summed E-state index contributed by atoms with van der Waals surface area (Å²) in [6, 6.07) is 12.8. The SMILES string of the molecule is Cc1cc2c(cc1CN(Cc1cccc(CN=C(N)N)c1)C(=O)C1CC=CO1)C(C)(C)CCC2(C)C. The van der Waals surface area contributed by atoms with Crippen LogP contribution in [-0.4, -0.2) is 22.9 Å². The number of hydrogen-bond acceptors (Lipinski definition) is 3. The number of fused-ring (bicyclic) bond motifs is 1. The number of guanidine groups is 1. The second kappa shape index (κ2) is 10.00. The van der Waals surface area contributed by atoms with Crippen LogP contribution in [0.5, 0.6) is 0 Å². The van der Waals surface area contributed by atoms with E-state index in [1.807, 2.05) is 29.2 Å². The minimum Gasteiger partial charge on any atom is -0.488 e. The molecule has 2 aromatic rings. The Morgan fingerprint density at radius 3 is 2.33 bits per heavy atom. The third kappa shape index (κ3) is 5.58. The lowest BCUT2D eigenvalue weighted by Gasteiger charge is -2.42. The Labute approximate surface area is 215 Å². The minimum absolute atomic E-state index is 0.00587. The lowest BCUT2D eigenvalue weighted by atomic mass is 9.62. The number of amides is 1. The van der Waals surface area contributed by atoms with Gasteiger partial charge in [0.25, 0.3) is 5.91 Å². The Kier molecular flexibility index (Phi) is 7.17. The lowest BCUT2D eigenvalue weighted by Crippen LogP contribution is -2.39. The van der Waals surface area contributed by atoms with Gasteiger partial charge in [0.15, 0.2) is 12.1 Å². The summed E-state index contributed by atoms with van der Waals surface area (Å²) >= 11 is 0. The van der Waals surface area contributed by atoms with Crippen LogP contribution in [0.3, 0.4) is 0 Å². The summed E-state index contributed by atoms with van der Waals surface area (Å²) in [5, 5.41) is 0. The van der Waals surface area contributed by atoms with E-state index in [4.69, 9.17) is 16.2 Å². The van der Waals surface area contributed by atoms with Crippen LogP contribution in [0.1, 0.15) is 80.3 Å². The van der Waals surface area contributed by atoms with E-state index in [1.165, 1.54) is 28.7 Å². The maximum Gasteiger partial charge on any atom is 0.264 e. The monoisotopic (exact) mass is 488 g/mol. The van der Waals surface area contributed by atoms with Crippen molar-refractivity contribution >= 4 is 11.9 Å². The molecule has 0 spiro atoms. The molecule has 6 nitrogen and oxygen atoms in total. The van der Waals surface area contributed by atoms with Crippen LogP contribution in [0.2, 0.25) is 0 Å². The lowest BCUT2D eigenvalue weighted by molar-refractivity contribution is -0.140. The van der Waals surface area contributed by atoms with Gasteiger partial charge in [-0.05, 0) is 70.1 Å². The number of nitrogens with two attached hydrogens (primary N) is 2. The first-order chi connectivity index (χ1) is 17.0. The van der Waals surface area contributed by atoms with Gasteiger partial charge in [-0.3, -0.25) is 4.79 Å².